The maximum absolute atomic E-state index is 11.7. The smallest absolute Gasteiger partial charge is 0.238 e. The number of fused-ring (bicyclic) bond motifs is 1. The first kappa shape index (κ1) is 13.4. The minimum absolute atomic E-state index is 0.0762. The average molecular weight is 261 g/mol. The molecule has 0 aliphatic carbocycles. The van der Waals surface area contributed by atoms with Gasteiger partial charge in [-0.05, 0) is 37.1 Å². The fourth-order valence-electron chi connectivity index (χ4n) is 2.16. The van der Waals surface area contributed by atoms with E-state index in [1.54, 1.807) is 31.0 Å². The number of aromatic hydroxyl groups is 1. The molecule has 0 radical (unpaired) electrons. The number of rotatable bonds is 4. The molecule has 0 aliphatic rings. The van der Waals surface area contributed by atoms with Crippen molar-refractivity contribution in [3.63, 3.8) is 0 Å². The fourth-order valence-corrected chi connectivity index (χ4v) is 2.16. The maximum atomic E-state index is 11.7. The van der Waals surface area contributed by atoms with E-state index in [1.807, 2.05) is 22.9 Å². The Morgan fingerprint density at radius 3 is 2.89 bits per heavy atom. The molecule has 1 amide bonds. The van der Waals surface area contributed by atoms with Gasteiger partial charge in [0.15, 0.2) is 0 Å². The third kappa shape index (κ3) is 2.71. The summed E-state index contributed by atoms with van der Waals surface area (Å²) >= 11 is 0. The lowest BCUT2D eigenvalue weighted by atomic mass is 10.1. The molecule has 19 heavy (non-hydrogen) atoms. The molecule has 2 rings (SSSR count). The molecule has 2 aromatic heterocycles. The molecule has 0 saturated carbocycles. The van der Waals surface area contributed by atoms with Crippen LogP contribution in [0.5, 0.6) is 5.75 Å². The predicted molar refractivity (Wildman–Crippen MR) is 74.1 cm³/mol. The first-order valence-corrected chi connectivity index (χ1v) is 6.29. The number of hydrogen-bond donors (Lipinski definition) is 2. The van der Waals surface area contributed by atoms with E-state index in [0.29, 0.717) is 13.0 Å². The third-order valence-corrected chi connectivity index (χ3v) is 3.22. The van der Waals surface area contributed by atoms with Gasteiger partial charge in [0.1, 0.15) is 5.75 Å². The molecule has 0 fully saturated rings. The van der Waals surface area contributed by atoms with Crippen molar-refractivity contribution >= 4 is 11.4 Å². The van der Waals surface area contributed by atoms with E-state index in [0.717, 1.165) is 11.1 Å². The van der Waals surface area contributed by atoms with Crippen molar-refractivity contribution in [2.24, 2.45) is 5.73 Å². The van der Waals surface area contributed by atoms with Crippen LogP contribution in [0, 0.1) is 0 Å². The molecule has 2 heterocycles. The van der Waals surface area contributed by atoms with Crippen LogP contribution in [-0.4, -0.2) is 39.9 Å². The summed E-state index contributed by atoms with van der Waals surface area (Å²) in [6.45, 7) is 2.26. The third-order valence-electron chi connectivity index (χ3n) is 3.22. The summed E-state index contributed by atoms with van der Waals surface area (Å²) in [5, 5.41) is 9.88. The molecule has 3 N–H and O–H groups in total. The Morgan fingerprint density at radius 2 is 2.21 bits per heavy atom. The fraction of sp³-hybridized carbons (Fsp3) is 0.357. The van der Waals surface area contributed by atoms with Crippen LogP contribution in [0.2, 0.25) is 0 Å². The van der Waals surface area contributed by atoms with Crippen molar-refractivity contribution < 1.29 is 9.90 Å². The van der Waals surface area contributed by atoms with Crippen molar-refractivity contribution in [3.8, 4) is 5.75 Å². The van der Waals surface area contributed by atoms with Crippen LogP contribution in [0.15, 0.2) is 30.6 Å². The van der Waals surface area contributed by atoms with Crippen LogP contribution in [0.25, 0.3) is 5.52 Å². The van der Waals surface area contributed by atoms with Crippen LogP contribution in [0.1, 0.15) is 12.5 Å². The minimum atomic E-state index is -0.482. The number of pyridine rings is 1. The number of nitrogens with two attached hydrogens (primary N) is 1. The first-order valence-electron chi connectivity index (χ1n) is 6.29. The Morgan fingerprint density at radius 1 is 1.47 bits per heavy atom. The number of hydrogen-bond acceptors (Lipinski definition) is 3. The van der Waals surface area contributed by atoms with Gasteiger partial charge in [0.25, 0.3) is 0 Å². The Balaban J connectivity index is 2.12. The highest BCUT2D eigenvalue weighted by Gasteiger charge is 2.14. The highest BCUT2D eigenvalue weighted by atomic mass is 16.3. The number of nitrogens with zero attached hydrogens (tertiary/aromatic N) is 2. The topological polar surface area (TPSA) is 71.0 Å². The van der Waals surface area contributed by atoms with Crippen LogP contribution >= 0.6 is 0 Å². The summed E-state index contributed by atoms with van der Waals surface area (Å²) in [4.78, 5) is 13.3. The highest BCUT2D eigenvalue weighted by molar-refractivity contribution is 5.81. The van der Waals surface area contributed by atoms with Gasteiger partial charge < -0.3 is 20.1 Å². The number of carbonyl (C=O) groups is 1. The van der Waals surface area contributed by atoms with Gasteiger partial charge in [-0.15, -0.1) is 0 Å². The van der Waals surface area contributed by atoms with Crippen LogP contribution in [0.4, 0.5) is 0 Å². The van der Waals surface area contributed by atoms with E-state index in [-0.39, 0.29) is 11.7 Å². The van der Waals surface area contributed by atoms with Crippen molar-refractivity contribution in [2.45, 2.75) is 19.4 Å². The minimum Gasteiger partial charge on any atom is -0.506 e. The van der Waals surface area contributed by atoms with Gasteiger partial charge in [-0.2, -0.15) is 0 Å². The van der Waals surface area contributed by atoms with E-state index in [1.165, 1.54) is 0 Å². The maximum Gasteiger partial charge on any atom is 0.238 e. The lowest BCUT2D eigenvalue weighted by Crippen LogP contribution is -2.40. The van der Waals surface area contributed by atoms with Crippen molar-refractivity contribution in [1.29, 1.82) is 0 Å². The van der Waals surface area contributed by atoms with Gasteiger partial charge in [-0.1, -0.05) is 0 Å². The van der Waals surface area contributed by atoms with Gasteiger partial charge in [0.2, 0.25) is 5.91 Å². The van der Waals surface area contributed by atoms with Gasteiger partial charge in [-0.3, -0.25) is 4.79 Å². The van der Waals surface area contributed by atoms with Crippen molar-refractivity contribution in [1.82, 2.24) is 9.30 Å². The Bertz CT molecular complexity index is 589. The second-order valence-corrected chi connectivity index (χ2v) is 4.79. The summed E-state index contributed by atoms with van der Waals surface area (Å²) in [5.41, 5.74) is 7.38. The molecule has 0 bridgehead atoms. The van der Waals surface area contributed by atoms with Crippen LogP contribution < -0.4 is 5.73 Å². The molecule has 0 unspecified atom stereocenters. The lowest BCUT2D eigenvalue weighted by molar-refractivity contribution is -0.130. The molecule has 2 aromatic rings. The lowest BCUT2D eigenvalue weighted by Gasteiger charge is -2.19. The zero-order valence-corrected chi connectivity index (χ0v) is 11.2. The zero-order chi connectivity index (χ0) is 14.0. The first-order chi connectivity index (χ1) is 9.00. The number of likely N-dealkylation sites (N-methyl/N-ethyl adjacent to an activating group) is 1. The number of amides is 1. The van der Waals surface area contributed by atoms with E-state index in [2.05, 4.69) is 0 Å². The molecular formula is C14H19N3O2. The van der Waals surface area contributed by atoms with E-state index < -0.39 is 6.04 Å². The molecule has 0 aromatic carbocycles. The summed E-state index contributed by atoms with van der Waals surface area (Å²) in [7, 11) is 1.74. The standard InChI is InChI=1S/C14H19N3O2/c1-10(15)14(19)16(2)8-5-11-6-9-17-7-3-4-12(18)13(11)17/h3-4,6-7,9-10,18H,5,8,15H2,1-2H3/t10-/m0/s1. The molecule has 5 nitrogen and oxygen atoms in total. The van der Waals surface area contributed by atoms with Crippen LogP contribution in [0.3, 0.4) is 0 Å². The largest absolute Gasteiger partial charge is 0.506 e. The summed E-state index contributed by atoms with van der Waals surface area (Å²) < 4.78 is 1.87. The van der Waals surface area contributed by atoms with Gasteiger partial charge in [-0.25, -0.2) is 0 Å². The van der Waals surface area contributed by atoms with Gasteiger partial charge in [0, 0.05) is 26.0 Å². The molecule has 5 heteroatoms. The van der Waals surface area contributed by atoms with E-state index >= 15 is 0 Å². The number of carbonyl (C=O) groups excluding carboxylic acids is 1. The quantitative estimate of drug-likeness (QED) is 0.862. The molecule has 0 spiro atoms. The van der Waals surface area contributed by atoms with E-state index in [9.17, 15) is 9.90 Å². The molecule has 0 saturated heterocycles. The van der Waals surface area contributed by atoms with Crippen molar-refractivity contribution in [3.05, 3.63) is 36.2 Å². The highest BCUT2D eigenvalue weighted by Crippen LogP contribution is 2.23. The average Bonchev–Trinajstić information content (AvgIpc) is 2.79. The van der Waals surface area contributed by atoms with Gasteiger partial charge >= 0.3 is 0 Å². The number of aromatic nitrogens is 1. The monoisotopic (exact) mass is 261 g/mol. The second kappa shape index (κ2) is 5.32. The Labute approximate surface area is 112 Å². The predicted octanol–water partition coefficient (Wildman–Crippen LogP) is 0.993. The summed E-state index contributed by atoms with van der Waals surface area (Å²) in [6, 6.07) is 4.93. The molecule has 102 valence electrons. The van der Waals surface area contributed by atoms with Gasteiger partial charge in [0.05, 0.1) is 11.6 Å². The van der Waals surface area contributed by atoms with Crippen molar-refractivity contribution in [2.75, 3.05) is 13.6 Å². The normalized spacial score (nSPS) is 12.6. The molecule has 0 aliphatic heterocycles. The Kier molecular flexibility index (Phi) is 3.76. The molecular weight excluding hydrogens is 242 g/mol. The zero-order valence-electron chi connectivity index (χ0n) is 11.2. The van der Waals surface area contributed by atoms with Crippen LogP contribution in [-0.2, 0) is 11.2 Å². The SMILES string of the molecule is C[C@H](N)C(=O)N(C)CCc1ccn2cccc(O)c12. The molecule has 1 atom stereocenters. The summed E-state index contributed by atoms with van der Waals surface area (Å²) in [6.07, 6.45) is 4.47. The Hall–Kier alpha value is -2.01. The van der Waals surface area contributed by atoms with E-state index in [4.69, 9.17) is 5.73 Å². The summed E-state index contributed by atoms with van der Waals surface area (Å²) in [5.74, 6) is 0.177. The second-order valence-electron chi connectivity index (χ2n) is 4.79.